The molecular formula is C17H15FIN3O3. The zero-order valence-corrected chi connectivity index (χ0v) is 15.3. The van der Waals surface area contributed by atoms with Crippen LogP contribution in [-0.4, -0.2) is 41.9 Å². The SMILES string of the molecule is O=C(c1ccc(I)c([N+](=O)[O-])c1)N1CCN(c2ccccc2F)CC1. The molecule has 0 bridgehead atoms. The van der Waals surface area contributed by atoms with Gasteiger partial charge in [0, 0.05) is 37.8 Å². The normalized spacial score (nSPS) is 14.5. The van der Waals surface area contributed by atoms with Crippen LogP contribution in [-0.2, 0) is 0 Å². The van der Waals surface area contributed by atoms with Crippen LogP contribution < -0.4 is 4.90 Å². The molecule has 2 aromatic rings. The van der Waals surface area contributed by atoms with Gasteiger partial charge >= 0.3 is 0 Å². The van der Waals surface area contributed by atoms with Gasteiger partial charge in [-0.3, -0.25) is 14.9 Å². The van der Waals surface area contributed by atoms with Gasteiger partial charge < -0.3 is 9.80 Å². The second kappa shape index (κ2) is 7.34. The molecule has 8 heteroatoms. The third-order valence-electron chi connectivity index (χ3n) is 4.15. The molecule has 6 nitrogen and oxygen atoms in total. The number of nitro groups is 1. The van der Waals surface area contributed by atoms with Gasteiger partial charge in [0.2, 0.25) is 0 Å². The maximum absolute atomic E-state index is 13.9. The number of nitro benzene ring substituents is 1. The number of benzene rings is 2. The summed E-state index contributed by atoms with van der Waals surface area (Å²) in [5, 5.41) is 11.0. The zero-order valence-electron chi connectivity index (χ0n) is 13.2. The van der Waals surface area contributed by atoms with Crippen LogP contribution in [0.1, 0.15) is 10.4 Å². The van der Waals surface area contributed by atoms with Crippen molar-refractivity contribution >= 4 is 39.9 Å². The fourth-order valence-electron chi connectivity index (χ4n) is 2.83. The number of hydrogen-bond acceptors (Lipinski definition) is 4. The molecule has 1 saturated heterocycles. The van der Waals surface area contributed by atoms with E-state index in [4.69, 9.17) is 0 Å². The molecule has 2 aromatic carbocycles. The lowest BCUT2D eigenvalue weighted by molar-refractivity contribution is -0.385. The Morgan fingerprint density at radius 2 is 1.80 bits per heavy atom. The number of carbonyl (C=O) groups is 1. The van der Waals surface area contributed by atoms with E-state index in [0.29, 0.717) is 41.0 Å². The number of nitrogens with zero attached hydrogens (tertiary/aromatic N) is 3. The van der Waals surface area contributed by atoms with Crippen molar-refractivity contribution in [2.24, 2.45) is 0 Å². The van der Waals surface area contributed by atoms with Crippen LogP contribution in [0.3, 0.4) is 0 Å². The zero-order chi connectivity index (χ0) is 18.0. The van der Waals surface area contributed by atoms with E-state index in [1.165, 1.54) is 12.1 Å². The number of para-hydroxylation sites is 1. The minimum atomic E-state index is -0.491. The summed E-state index contributed by atoms with van der Waals surface area (Å²) in [5.41, 5.74) is 0.752. The maximum Gasteiger partial charge on any atom is 0.283 e. The number of anilines is 1. The van der Waals surface area contributed by atoms with Crippen LogP contribution in [0.25, 0.3) is 0 Å². The van der Waals surface area contributed by atoms with Gasteiger partial charge in [0.1, 0.15) is 5.82 Å². The smallest absolute Gasteiger partial charge is 0.283 e. The molecule has 0 radical (unpaired) electrons. The Bertz CT molecular complexity index is 823. The molecule has 1 aliphatic rings. The van der Waals surface area contributed by atoms with E-state index in [0.717, 1.165) is 0 Å². The lowest BCUT2D eigenvalue weighted by atomic mass is 10.1. The highest BCUT2D eigenvalue weighted by Crippen LogP contribution is 2.24. The maximum atomic E-state index is 13.9. The highest BCUT2D eigenvalue weighted by atomic mass is 127. The Labute approximate surface area is 157 Å². The number of amides is 1. The summed E-state index contributed by atoms with van der Waals surface area (Å²) in [7, 11) is 0. The van der Waals surface area contributed by atoms with Gasteiger partial charge in [-0.05, 0) is 46.9 Å². The van der Waals surface area contributed by atoms with E-state index in [1.807, 2.05) is 27.5 Å². The van der Waals surface area contributed by atoms with Crippen molar-refractivity contribution in [3.8, 4) is 0 Å². The molecule has 0 saturated carbocycles. The molecule has 0 unspecified atom stereocenters. The topological polar surface area (TPSA) is 66.7 Å². The van der Waals surface area contributed by atoms with Crippen LogP contribution in [0.15, 0.2) is 42.5 Å². The standard InChI is InChI=1S/C17H15FIN3O3/c18-13-3-1-2-4-15(13)20-7-9-21(10-8-20)17(23)12-5-6-14(19)16(11-12)22(24)25/h1-6,11H,7-10H2. The van der Waals surface area contributed by atoms with Crippen LogP contribution in [0.5, 0.6) is 0 Å². The number of hydrogen-bond donors (Lipinski definition) is 0. The van der Waals surface area contributed by atoms with Crippen LogP contribution >= 0.6 is 22.6 Å². The summed E-state index contributed by atoms with van der Waals surface area (Å²) in [4.78, 5) is 26.7. The van der Waals surface area contributed by atoms with Crippen LogP contribution in [0.4, 0.5) is 15.8 Å². The van der Waals surface area contributed by atoms with Gasteiger partial charge in [-0.25, -0.2) is 4.39 Å². The Hall–Kier alpha value is -2.23. The van der Waals surface area contributed by atoms with Crippen molar-refractivity contribution in [2.45, 2.75) is 0 Å². The van der Waals surface area contributed by atoms with Crippen molar-refractivity contribution in [2.75, 3.05) is 31.1 Å². The molecule has 1 heterocycles. The summed E-state index contributed by atoms with van der Waals surface area (Å²) >= 11 is 1.87. The summed E-state index contributed by atoms with van der Waals surface area (Å²) in [5.74, 6) is -0.525. The lowest BCUT2D eigenvalue weighted by Gasteiger charge is -2.36. The quantitative estimate of drug-likeness (QED) is 0.405. The first-order valence-electron chi connectivity index (χ1n) is 7.70. The minimum absolute atomic E-state index is 0.0727. The summed E-state index contributed by atoms with van der Waals surface area (Å²) < 4.78 is 14.4. The van der Waals surface area contributed by atoms with E-state index < -0.39 is 4.92 Å². The molecule has 0 atom stereocenters. The predicted octanol–water partition coefficient (Wildman–Crippen LogP) is 3.30. The number of rotatable bonds is 3. The third kappa shape index (κ3) is 3.73. The highest BCUT2D eigenvalue weighted by molar-refractivity contribution is 14.1. The largest absolute Gasteiger partial charge is 0.366 e. The third-order valence-corrected chi connectivity index (χ3v) is 5.06. The van der Waals surface area contributed by atoms with Crippen molar-refractivity contribution in [3.05, 3.63) is 67.5 Å². The van der Waals surface area contributed by atoms with E-state index in [1.54, 1.807) is 35.2 Å². The number of piperazine rings is 1. The molecule has 1 amide bonds. The second-order valence-electron chi connectivity index (χ2n) is 5.65. The van der Waals surface area contributed by atoms with Crippen molar-refractivity contribution in [1.82, 2.24) is 4.90 Å². The van der Waals surface area contributed by atoms with Gasteiger partial charge in [0.25, 0.3) is 11.6 Å². The first-order valence-corrected chi connectivity index (χ1v) is 8.78. The van der Waals surface area contributed by atoms with Crippen molar-refractivity contribution in [3.63, 3.8) is 0 Å². The van der Waals surface area contributed by atoms with Crippen LogP contribution in [0.2, 0.25) is 0 Å². The van der Waals surface area contributed by atoms with Crippen LogP contribution in [0, 0.1) is 19.5 Å². The van der Waals surface area contributed by atoms with Gasteiger partial charge in [-0.2, -0.15) is 0 Å². The van der Waals surface area contributed by atoms with E-state index in [2.05, 4.69) is 0 Å². The summed E-state index contributed by atoms with van der Waals surface area (Å²) in [6.07, 6.45) is 0. The molecule has 130 valence electrons. The Balaban J connectivity index is 1.71. The first-order chi connectivity index (χ1) is 12.0. The molecule has 0 spiro atoms. The lowest BCUT2D eigenvalue weighted by Crippen LogP contribution is -2.49. The Kier molecular flexibility index (Phi) is 5.16. The monoisotopic (exact) mass is 455 g/mol. The average Bonchev–Trinajstić information content (AvgIpc) is 2.62. The van der Waals surface area contributed by atoms with Gasteiger partial charge in [-0.15, -0.1) is 0 Å². The summed E-state index contributed by atoms with van der Waals surface area (Å²) in [6, 6.07) is 11.0. The predicted molar refractivity (Wildman–Crippen MR) is 100 cm³/mol. The van der Waals surface area contributed by atoms with Gasteiger partial charge in [0.05, 0.1) is 14.2 Å². The molecule has 1 aliphatic heterocycles. The van der Waals surface area contributed by atoms with E-state index in [9.17, 15) is 19.3 Å². The fourth-order valence-corrected chi connectivity index (χ4v) is 3.36. The molecule has 0 N–H and O–H groups in total. The second-order valence-corrected chi connectivity index (χ2v) is 6.82. The summed E-state index contributed by atoms with van der Waals surface area (Å²) in [6.45, 7) is 1.90. The van der Waals surface area contributed by atoms with Crippen molar-refractivity contribution in [1.29, 1.82) is 0 Å². The van der Waals surface area contributed by atoms with Gasteiger partial charge in [-0.1, -0.05) is 12.1 Å². The molecule has 1 fully saturated rings. The average molecular weight is 455 g/mol. The Morgan fingerprint density at radius 1 is 1.12 bits per heavy atom. The fraction of sp³-hybridized carbons (Fsp3) is 0.235. The minimum Gasteiger partial charge on any atom is -0.366 e. The van der Waals surface area contributed by atoms with E-state index >= 15 is 0 Å². The molecular weight excluding hydrogens is 440 g/mol. The molecule has 0 aromatic heterocycles. The Morgan fingerprint density at radius 3 is 2.44 bits per heavy atom. The first kappa shape index (κ1) is 17.6. The molecule has 0 aliphatic carbocycles. The van der Waals surface area contributed by atoms with Gasteiger partial charge in [0.15, 0.2) is 0 Å². The van der Waals surface area contributed by atoms with Crippen molar-refractivity contribution < 1.29 is 14.1 Å². The number of carbonyl (C=O) groups excluding carboxylic acids is 1. The number of halogens is 2. The molecule has 3 rings (SSSR count). The molecule has 25 heavy (non-hydrogen) atoms. The van der Waals surface area contributed by atoms with E-state index in [-0.39, 0.29) is 17.4 Å². The highest BCUT2D eigenvalue weighted by Gasteiger charge is 2.25.